The molecule has 3 aromatic rings. The third-order valence-corrected chi connectivity index (χ3v) is 3.84. The number of phenols is 1. The van der Waals surface area contributed by atoms with Crippen LogP contribution in [0.4, 0.5) is 0 Å². The molecule has 0 spiro atoms. The second kappa shape index (κ2) is 6.82. The molecule has 1 heterocycles. The van der Waals surface area contributed by atoms with Gasteiger partial charge in [-0.25, -0.2) is 9.36 Å². The van der Waals surface area contributed by atoms with Gasteiger partial charge < -0.3 is 9.84 Å². The normalized spacial score (nSPS) is 10.6. The molecule has 0 saturated heterocycles. The van der Waals surface area contributed by atoms with Crippen LogP contribution in [0.2, 0.25) is 5.02 Å². The van der Waals surface area contributed by atoms with Crippen molar-refractivity contribution in [3.05, 3.63) is 80.0 Å². The predicted octanol–water partition coefficient (Wildman–Crippen LogP) is 1.81. The molecular weight excluding hydrogens is 346 g/mol. The second-order valence-corrected chi connectivity index (χ2v) is 5.65. The molecule has 2 aromatic carbocycles. The molecule has 128 valence electrons. The molecule has 0 unspecified atom stereocenters. The molecule has 0 amide bonds. The Labute approximate surface area is 147 Å². The number of nitrogens with zero attached hydrogens (tertiary/aromatic N) is 3. The van der Waals surface area contributed by atoms with E-state index in [9.17, 15) is 14.7 Å². The molecule has 0 atom stereocenters. The van der Waals surface area contributed by atoms with Crippen molar-refractivity contribution in [3.8, 4) is 17.3 Å². The van der Waals surface area contributed by atoms with Gasteiger partial charge in [0.05, 0.1) is 13.7 Å². The number of hydrogen-bond acceptors (Lipinski definition) is 5. The topological polar surface area (TPSA) is 86.3 Å². The zero-order valence-corrected chi connectivity index (χ0v) is 14.0. The quantitative estimate of drug-likeness (QED) is 0.767. The fraction of sp³-hybridized carbons (Fsp3) is 0.118. The molecule has 8 heteroatoms. The first kappa shape index (κ1) is 16.8. The Balaban J connectivity index is 2.19. The largest absolute Gasteiger partial charge is 0.506 e. The summed E-state index contributed by atoms with van der Waals surface area (Å²) in [6.45, 7) is 0.0152. The first-order valence-electron chi connectivity index (χ1n) is 7.32. The average Bonchev–Trinajstić information content (AvgIpc) is 2.61. The summed E-state index contributed by atoms with van der Waals surface area (Å²) in [5.74, 6) is -0.396. The van der Waals surface area contributed by atoms with Crippen LogP contribution < -0.4 is 16.0 Å². The molecule has 0 aliphatic carbocycles. The molecule has 0 aliphatic rings. The molecule has 1 N–H and O–H groups in total. The van der Waals surface area contributed by atoms with Crippen LogP contribution in [-0.2, 0) is 6.54 Å². The summed E-state index contributed by atoms with van der Waals surface area (Å²) in [7, 11) is 1.29. The van der Waals surface area contributed by atoms with Gasteiger partial charge in [0.1, 0.15) is 11.4 Å². The highest BCUT2D eigenvalue weighted by molar-refractivity contribution is 6.30. The van der Waals surface area contributed by atoms with Gasteiger partial charge in [-0.3, -0.25) is 4.79 Å². The third-order valence-electron chi connectivity index (χ3n) is 3.59. The second-order valence-electron chi connectivity index (χ2n) is 5.21. The zero-order valence-electron chi connectivity index (χ0n) is 13.2. The predicted molar refractivity (Wildman–Crippen MR) is 92.9 cm³/mol. The lowest BCUT2D eigenvalue weighted by molar-refractivity contribution is 0.365. The minimum Gasteiger partial charge on any atom is -0.506 e. The summed E-state index contributed by atoms with van der Waals surface area (Å²) in [5.41, 5.74) is -0.493. The van der Waals surface area contributed by atoms with E-state index in [1.165, 1.54) is 19.2 Å². The van der Waals surface area contributed by atoms with Gasteiger partial charge in [0.15, 0.2) is 0 Å². The molecule has 0 aliphatic heterocycles. The van der Waals surface area contributed by atoms with E-state index >= 15 is 0 Å². The molecule has 0 bridgehead atoms. The molecular formula is C17H14ClN3O4. The molecule has 0 saturated carbocycles. The van der Waals surface area contributed by atoms with E-state index in [0.29, 0.717) is 10.6 Å². The highest BCUT2D eigenvalue weighted by Crippen LogP contribution is 2.18. The highest BCUT2D eigenvalue weighted by Gasteiger charge is 2.17. The van der Waals surface area contributed by atoms with Gasteiger partial charge in [0, 0.05) is 5.02 Å². The number of benzene rings is 2. The minimum absolute atomic E-state index is 0.0152. The first-order chi connectivity index (χ1) is 12.0. The van der Waals surface area contributed by atoms with E-state index in [1.807, 2.05) is 0 Å². The van der Waals surface area contributed by atoms with E-state index in [4.69, 9.17) is 16.3 Å². The Hall–Kier alpha value is -3.06. The molecule has 1 aromatic heterocycles. The van der Waals surface area contributed by atoms with Gasteiger partial charge in [0.25, 0.3) is 5.88 Å². The van der Waals surface area contributed by atoms with Crippen molar-refractivity contribution < 1.29 is 9.84 Å². The van der Waals surface area contributed by atoms with Crippen molar-refractivity contribution >= 4 is 11.6 Å². The number of halogens is 1. The summed E-state index contributed by atoms with van der Waals surface area (Å²) in [6.07, 6.45) is 0. The SMILES string of the molecule is COc1nn(-c2ccccc2O)c(=O)n(Cc2ccc(Cl)cc2)c1=O. The summed E-state index contributed by atoms with van der Waals surface area (Å²) >= 11 is 5.86. The molecule has 7 nitrogen and oxygen atoms in total. The van der Waals surface area contributed by atoms with Crippen LogP contribution in [0.5, 0.6) is 11.6 Å². The molecule has 3 rings (SSSR count). The van der Waals surface area contributed by atoms with Crippen molar-refractivity contribution in [1.29, 1.82) is 0 Å². The monoisotopic (exact) mass is 359 g/mol. The van der Waals surface area contributed by atoms with E-state index in [2.05, 4.69) is 5.10 Å². The van der Waals surface area contributed by atoms with Crippen molar-refractivity contribution in [2.45, 2.75) is 6.54 Å². The standard InChI is InChI=1S/C17H14ClN3O4/c1-25-15-16(23)20(10-11-6-8-12(18)9-7-11)17(24)21(19-15)13-4-2-3-5-14(13)22/h2-9,22H,10H2,1H3. The van der Waals surface area contributed by atoms with Crippen LogP contribution in [-0.4, -0.2) is 26.6 Å². The van der Waals surface area contributed by atoms with Gasteiger partial charge in [-0.05, 0) is 29.8 Å². The van der Waals surface area contributed by atoms with Crippen LogP contribution in [0.3, 0.4) is 0 Å². The minimum atomic E-state index is -0.692. The maximum Gasteiger partial charge on any atom is 0.352 e. The van der Waals surface area contributed by atoms with E-state index in [-0.39, 0.29) is 23.9 Å². The molecule has 0 fully saturated rings. The lowest BCUT2D eigenvalue weighted by Crippen LogP contribution is -2.41. The van der Waals surface area contributed by atoms with Crippen LogP contribution in [0.1, 0.15) is 5.56 Å². The third kappa shape index (κ3) is 3.27. The average molecular weight is 360 g/mol. The Morgan fingerprint density at radius 2 is 1.80 bits per heavy atom. The first-order valence-corrected chi connectivity index (χ1v) is 7.70. The summed E-state index contributed by atoms with van der Waals surface area (Å²) in [4.78, 5) is 25.2. The number of para-hydroxylation sites is 2. The Kier molecular flexibility index (Phi) is 4.58. The van der Waals surface area contributed by atoms with Gasteiger partial charge in [-0.1, -0.05) is 35.9 Å². The summed E-state index contributed by atoms with van der Waals surface area (Å²) in [5, 5.41) is 14.4. The summed E-state index contributed by atoms with van der Waals surface area (Å²) in [6, 6.07) is 13.0. The number of hydrogen-bond donors (Lipinski definition) is 1. The van der Waals surface area contributed by atoms with Gasteiger partial charge in [-0.2, -0.15) is 4.68 Å². The fourth-order valence-corrected chi connectivity index (χ4v) is 2.46. The van der Waals surface area contributed by atoms with Gasteiger partial charge in [-0.15, -0.1) is 5.10 Å². The number of ether oxygens (including phenoxy) is 1. The molecule has 0 radical (unpaired) electrons. The lowest BCUT2D eigenvalue weighted by Gasteiger charge is -2.12. The zero-order chi connectivity index (χ0) is 18.0. The van der Waals surface area contributed by atoms with Crippen molar-refractivity contribution in [2.75, 3.05) is 7.11 Å². The number of methoxy groups -OCH3 is 1. The Morgan fingerprint density at radius 3 is 2.44 bits per heavy atom. The molecule has 25 heavy (non-hydrogen) atoms. The van der Waals surface area contributed by atoms with Crippen LogP contribution >= 0.6 is 11.6 Å². The maximum absolute atomic E-state index is 12.8. The van der Waals surface area contributed by atoms with Crippen LogP contribution in [0, 0.1) is 0 Å². The van der Waals surface area contributed by atoms with Crippen LogP contribution in [0.25, 0.3) is 5.69 Å². The fourth-order valence-electron chi connectivity index (χ4n) is 2.33. The van der Waals surface area contributed by atoms with Gasteiger partial charge >= 0.3 is 11.2 Å². The Morgan fingerprint density at radius 1 is 1.12 bits per heavy atom. The Bertz CT molecular complexity index is 1030. The summed E-state index contributed by atoms with van der Waals surface area (Å²) < 4.78 is 6.92. The van der Waals surface area contributed by atoms with Gasteiger partial charge in [0.2, 0.25) is 0 Å². The lowest BCUT2D eigenvalue weighted by atomic mass is 10.2. The van der Waals surface area contributed by atoms with E-state index < -0.39 is 11.2 Å². The number of rotatable bonds is 4. The van der Waals surface area contributed by atoms with Crippen LogP contribution in [0.15, 0.2) is 58.1 Å². The highest BCUT2D eigenvalue weighted by atomic mass is 35.5. The smallest absolute Gasteiger partial charge is 0.352 e. The van der Waals surface area contributed by atoms with Crippen molar-refractivity contribution in [3.63, 3.8) is 0 Å². The van der Waals surface area contributed by atoms with Crippen molar-refractivity contribution in [1.82, 2.24) is 14.3 Å². The number of aromatic nitrogens is 3. The maximum atomic E-state index is 12.8. The van der Waals surface area contributed by atoms with Crippen molar-refractivity contribution in [2.24, 2.45) is 0 Å². The number of aromatic hydroxyl groups is 1. The van der Waals surface area contributed by atoms with E-state index in [1.54, 1.807) is 36.4 Å². The number of phenolic OH excluding ortho intramolecular Hbond substituents is 1. The van der Waals surface area contributed by atoms with E-state index in [0.717, 1.165) is 9.25 Å².